The van der Waals surface area contributed by atoms with Crippen LogP contribution in [-0.2, 0) is 17.3 Å². The van der Waals surface area contributed by atoms with E-state index in [-0.39, 0.29) is 10.8 Å². The van der Waals surface area contributed by atoms with E-state index in [0.717, 1.165) is 12.8 Å². The van der Waals surface area contributed by atoms with Crippen LogP contribution in [0.2, 0.25) is 0 Å². The van der Waals surface area contributed by atoms with Crippen molar-refractivity contribution in [1.29, 1.82) is 0 Å². The van der Waals surface area contributed by atoms with Gasteiger partial charge in [0.2, 0.25) is 5.69 Å². The average molecular weight is 397 g/mol. The maximum Gasteiger partial charge on any atom is 0.226 e. The highest BCUT2D eigenvalue weighted by molar-refractivity contribution is 6.01. The van der Waals surface area contributed by atoms with Crippen LogP contribution in [0, 0.1) is 0 Å². The number of benzene rings is 2. The molecule has 1 heteroatoms. The first-order valence-corrected chi connectivity index (χ1v) is 11.8. The molecule has 0 radical (unpaired) electrons. The molecule has 1 nitrogen and oxygen atoms in total. The number of hydrogen-bond acceptors (Lipinski definition) is 0. The van der Waals surface area contributed by atoms with Crippen molar-refractivity contribution in [3.8, 4) is 11.3 Å². The lowest BCUT2D eigenvalue weighted by atomic mass is 9.65. The molecule has 0 saturated heterocycles. The molecule has 0 bridgehead atoms. The molecule has 1 aliphatic heterocycles. The minimum absolute atomic E-state index is 0.00440. The predicted molar refractivity (Wildman–Crippen MR) is 128 cm³/mol. The third-order valence-electron chi connectivity index (χ3n) is 7.96. The third kappa shape index (κ3) is 2.51. The van der Waals surface area contributed by atoms with Crippen molar-refractivity contribution >= 4 is 17.0 Å². The van der Waals surface area contributed by atoms with Crippen molar-refractivity contribution in [2.75, 3.05) is 0 Å². The molecule has 1 aromatic heterocycles. The second kappa shape index (κ2) is 6.80. The van der Waals surface area contributed by atoms with Gasteiger partial charge in [-0.05, 0) is 59.4 Å². The van der Waals surface area contributed by atoms with Crippen molar-refractivity contribution in [2.24, 2.45) is 0 Å². The second-order valence-electron chi connectivity index (χ2n) is 9.81. The van der Waals surface area contributed by atoms with Crippen LogP contribution in [0.1, 0.15) is 82.6 Å². The van der Waals surface area contributed by atoms with Gasteiger partial charge in [-0.15, -0.1) is 0 Å². The van der Waals surface area contributed by atoms with E-state index in [1.54, 1.807) is 0 Å². The van der Waals surface area contributed by atoms with Crippen LogP contribution in [0.3, 0.4) is 0 Å². The molecule has 0 fully saturated rings. The van der Waals surface area contributed by atoms with E-state index in [2.05, 4.69) is 94.1 Å². The zero-order valence-corrected chi connectivity index (χ0v) is 19.2. The summed E-state index contributed by atoms with van der Waals surface area (Å²) in [7, 11) is 0. The van der Waals surface area contributed by atoms with Crippen LogP contribution in [0.4, 0.5) is 0 Å². The highest BCUT2D eigenvalue weighted by Crippen LogP contribution is 2.52. The van der Waals surface area contributed by atoms with Crippen molar-refractivity contribution < 1.29 is 4.57 Å². The number of aromatic nitrogens is 1. The molecule has 0 N–H and O–H groups in total. The SMILES string of the molecule is CCCCc1cc2c3c4[n+](ccc3c1)C=CC(CC)(CC)c1cccc(c1-4)C2(C)C. The second-order valence-corrected chi connectivity index (χ2v) is 9.81. The monoisotopic (exact) mass is 396 g/mol. The van der Waals surface area contributed by atoms with Gasteiger partial charge in [0.15, 0.2) is 12.4 Å². The van der Waals surface area contributed by atoms with Gasteiger partial charge < -0.3 is 0 Å². The summed E-state index contributed by atoms with van der Waals surface area (Å²) < 4.78 is 2.39. The summed E-state index contributed by atoms with van der Waals surface area (Å²) in [6.07, 6.45) is 13.0. The summed E-state index contributed by atoms with van der Waals surface area (Å²) in [5.41, 5.74) is 8.94. The van der Waals surface area contributed by atoms with Gasteiger partial charge in [0.25, 0.3) is 0 Å². The third-order valence-corrected chi connectivity index (χ3v) is 7.96. The summed E-state index contributed by atoms with van der Waals surface area (Å²) in [5.74, 6) is 0. The summed E-state index contributed by atoms with van der Waals surface area (Å²) in [6.45, 7) is 11.8. The summed E-state index contributed by atoms with van der Waals surface area (Å²) in [5, 5.41) is 2.85. The van der Waals surface area contributed by atoms with Crippen LogP contribution in [0.5, 0.6) is 0 Å². The predicted octanol–water partition coefficient (Wildman–Crippen LogP) is 7.32. The Bertz CT molecular complexity index is 1170. The minimum atomic E-state index is -0.00440. The van der Waals surface area contributed by atoms with Gasteiger partial charge in [-0.2, -0.15) is 4.57 Å². The molecule has 1 aliphatic carbocycles. The summed E-state index contributed by atoms with van der Waals surface area (Å²) in [4.78, 5) is 0. The largest absolute Gasteiger partial charge is 0.226 e. The molecule has 0 spiro atoms. The molecule has 2 heterocycles. The zero-order valence-electron chi connectivity index (χ0n) is 19.2. The van der Waals surface area contributed by atoms with Gasteiger partial charge in [-0.3, -0.25) is 0 Å². The van der Waals surface area contributed by atoms with E-state index < -0.39 is 0 Å². The average Bonchev–Trinajstić information content (AvgIpc) is 2.91. The van der Waals surface area contributed by atoms with Crippen LogP contribution in [0.25, 0.3) is 28.2 Å². The van der Waals surface area contributed by atoms with Crippen LogP contribution in [-0.4, -0.2) is 0 Å². The Balaban J connectivity index is 1.93. The Morgan fingerprint density at radius 3 is 2.40 bits per heavy atom. The number of pyridine rings is 1. The van der Waals surface area contributed by atoms with Crippen LogP contribution < -0.4 is 4.57 Å². The lowest BCUT2D eigenvalue weighted by molar-refractivity contribution is -0.554. The Kier molecular flexibility index (Phi) is 4.43. The van der Waals surface area contributed by atoms with Gasteiger partial charge in [0.05, 0.1) is 10.9 Å². The number of aryl methyl sites for hydroxylation is 1. The van der Waals surface area contributed by atoms with Crippen molar-refractivity contribution in [2.45, 2.75) is 77.6 Å². The van der Waals surface area contributed by atoms with Gasteiger partial charge in [0, 0.05) is 16.9 Å². The molecule has 154 valence electrons. The minimum Gasteiger partial charge on any atom is -0.166 e. The van der Waals surface area contributed by atoms with Gasteiger partial charge in [-0.25, -0.2) is 0 Å². The Labute approximate surface area is 181 Å². The molecule has 0 atom stereocenters. The molecule has 0 saturated carbocycles. The van der Waals surface area contributed by atoms with Gasteiger partial charge in [-0.1, -0.05) is 71.4 Å². The first kappa shape index (κ1) is 19.5. The topological polar surface area (TPSA) is 3.88 Å². The maximum absolute atomic E-state index is 2.51. The normalized spacial score (nSPS) is 17.2. The highest BCUT2D eigenvalue weighted by Gasteiger charge is 2.43. The van der Waals surface area contributed by atoms with Crippen LogP contribution >= 0.6 is 0 Å². The first-order valence-electron chi connectivity index (χ1n) is 11.8. The Morgan fingerprint density at radius 1 is 0.900 bits per heavy atom. The fraction of sp³-hybridized carbons (Fsp3) is 0.414. The molecule has 3 aromatic rings. The molecule has 5 rings (SSSR count). The van der Waals surface area contributed by atoms with E-state index in [1.165, 1.54) is 63.5 Å². The van der Waals surface area contributed by atoms with E-state index in [1.807, 2.05) is 0 Å². The summed E-state index contributed by atoms with van der Waals surface area (Å²) >= 11 is 0. The lowest BCUT2D eigenvalue weighted by Gasteiger charge is -2.37. The fourth-order valence-electron chi connectivity index (χ4n) is 5.95. The summed E-state index contributed by atoms with van der Waals surface area (Å²) in [6, 6.07) is 14.4. The number of nitrogens with zero attached hydrogens (tertiary/aromatic N) is 1. The van der Waals surface area contributed by atoms with E-state index in [9.17, 15) is 0 Å². The molecule has 0 unspecified atom stereocenters. The molecule has 30 heavy (non-hydrogen) atoms. The van der Waals surface area contributed by atoms with Crippen LogP contribution in [0.15, 0.2) is 48.7 Å². The molecular formula is C29H34N+. The fourth-order valence-corrected chi connectivity index (χ4v) is 5.95. The molecule has 2 aliphatic rings. The molecular weight excluding hydrogens is 362 g/mol. The number of unbranched alkanes of at least 4 members (excludes halogenated alkanes) is 1. The zero-order chi connectivity index (χ0) is 21.1. The van der Waals surface area contributed by atoms with Gasteiger partial charge >= 0.3 is 0 Å². The van der Waals surface area contributed by atoms with Crippen molar-refractivity contribution in [1.82, 2.24) is 0 Å². The Hall–Kier alpha value is -2.41. The smallest absolute Gasteiger partial charge is 0.166 e. The Morgan fingerprint density at radius 2 is 1.67 bits per heavy atom. The van der Waals surface area contributed by atoms with E-state index in [0.29, 0.717) is 0 Å². The number of rotatable bonds is 5. The van der Waals surface area contributed by atoms with Gasteiger partial charge in [0.1, 0.15) is 0 Å². The first-order chi connectivity index (χ1) is 14.5. The molecule has 0 amide bonds. The maximum atomic E-state index is 2.51. The molecule has 2 aromatic carbocycles. The van der Waals surface area contributed by atoms with Crippen molar-refractivity contribution in [3.63, 3.8) is 0 Å². The standard InChI is InChI=1S/C29H34N/c1-6-9-11-20-18-21-14-16-30-17-15-29(7-2,8-3)23-13-10-12-22-26(23)27(30)25(21)24(19-20)28(22,4)5/h10,12-19H,6-9,11H2,1-5H3/q+1. The number of allylic oxidation sites excluding steroid dienone is 1. The quantitative estimate of drug-likeness (QED) is 0.398. The van der Waals surface area contributed by atoms with E-state index >= 15 is 0 Å². The van der Waals surface area contributed by atoms with E-state index in [4.69, 9.17) is 0 Å². The highest BCUT2D eigenvalue weighted by atomic mass is 14.9. The van der Waals surface area contributed by atoms with Crippen molar-refractivity contribution in [3.05, 3.63) is 70.9 Å². The lowest BCUT2D eigenvalue weighted by Crippen LogP contribution is -2.34. The number of hydrogen-bond donors (Lipinski definition) is 0.